The van der Waals surface area contributed by atoms with Crippen LogP contribution >= 0.6 is 0 Å². The van der Waals surface area contributed by atoms with E-state index in [1.54, 1.807) is 11.9 Å². The molecule has 0 heterocycles. The van der Waals surface area contributed by atoms with Crippen molar-refractivity contribution in [2.45, 2.75) is 39.8 Å². The van der Waals surface area contributed by atoms with Gasteiger partial charge in [-0.15, -0.1) is 0 Å². The number of hydrogen-bond acceptors (Lipinski definition) is 3. The lowest BCUT2D eigenvalue weighted by molar-refractivity contribution is -0.142. The zero-order valence-corrected chi connectivity index (χ0v) is 19.8. The molecule has 1 N–H and O–H groups in total. The topological polar surface area (TPSA) is 58.6 Å². The van der Waals surface area contributed by atoms with Gasteiger partial charge in [0.25, 0.3) is 5.91 Å². The molecule has 0 fully saturated rings. The lowest BCUT2D eigenvalue weighted by atomic mass is 10.0. The number of nitrogens with zero attached hydrogens (tertiary/aromatic N) is 1. The molecule has 33 heavy (non-hydrogen) atoms. The van der Waals surface area contributed by atoms with Gasteiger partial charge in [0.05, 0.1) is 0 Å². The number of carbonyl (C=O) groups excluding carboxylic acids is 2. The number of aryl methyl sites for hydroxylation is 3. The number of amides is 2. The van der Waals surface area contributed by atoms with Crippen molar-refractivity contribution < 1.29 is 14.3 Å². The third-order valence-corrected chi connectivity index (χ3v) is 5.51. The standard InChI is InChI=1S/C28H32N2O3/c1-20-9-8-12-24(14-20)18-30(26(28(32)29-4)17-23-10-6-5-7-11-23)27(31)19-33-25-15-21(2)13-22(3)16-25/h5-16,26H,17-19H2,1-4H3,(H,29,32)/t26-/m1/s1. The predicted molar refractivity (Wildman–Crippen MR) is 131 cm³/mol. The molecule has 172 valence electrons. The molecular formula is C28H32N2O3. The van der Waals surface area contributed by atoms with Crippen LogP contribution in [0.15, 0.2) is 72.8 Å². The zero-order valence-electron chi connectivity index (χ0n) is 19.8. The highest BCUT2D eigenvalue weighted by atomic mass is 16.5. The molecule has 3 aromatic carbocycles. The van der Waals surface area contributed by atoms with E-state index in [2.05, 4.69) is 11.4 Å². The molecule has 0 saturated carbocycles. The second-order valence-corrected chi connectivity index (χ2v) is 8.44. The van der Waals surface area contributed by atoms with Gasteiger partial charge in [-0.1, -0.05) is 66.2 Å². The number of benzene rings is 3. The number of nitrogens with one attached hydrogen (secondary N) is 1. The number of likely N-dealkylation sites (N-methyl/N-ethyl adjacent to an activating group) is 1. The van der Waals surface area contributed by atoms with Gasteiger partial charge in [-0.25, -0.2) is 0 Å². The normalized spacial score (nSPS) is 11.5. The number of carbonyl (C=O) groups is 2. The van der Waals surface area contributed by atoms with Crippen molar-refractivity contribution >= 4 is 11.8 Å². The Hall–Kier alpha value is -3.60. The van der Waals surface area contributed by atoms with E-state index in [4.69, 9.17) is 4.74 Å². The second-order valence-electron chi connectivity index (χ2n) is 8.44. The molecule has 0 aliphatic carbocycles. The minimum absolute atomic E-state index is 0.142. The van der Waals surface area contributed by atoms with E-state index in [0.29, 0.717) is 18.7 Å². The summed E-state index contributed by atoms with van der Waals surface area (Å²) in [7, 11) is 1.60. The molecule has 3 rings (SSSR count). The van der Waals surface area contributed by atoms with Crippen molar-refractivity contribution in [2.75, 3.05) is 13.7 Å². The largest absolute Gasteiger partial charge is 0.484 e. The van der Waals surface area contributed by atoms with Crippen LogP contribution in [0.4, 0.5) is 0 Å². The van der Waals surface area contributed by atoms with E-state index < -0.39 is 6.04 Å². The van der Waals surface area contributed by atoms with Gasteiger partial charge in [0.15, 0.2) is 6.61 Å². The van der Waals surface area contributed by atoms with Crippen LogP contribution in [0.25, 0.3) is 0 Å². The molecule has 0 saturated heterocycles. The fourth-order valence-corrected chi connectivity index (χ4v) is 3.97. The van der Waals surface area contributed by atoms with Crippen molar-refractivity contribution in [3.63, 3.8) is 0 Å². The average molecular weight is 445 g/mol. The third-order valence-electron chi connectivity index (χ3n) is 5.51. The molecular weight excluding hydrogens is 412 g/mol. The van der Waals surface area contributed by atoms with E-state index in [0.717, 1.165) is 27.8 Å². The summed E-state index contributed by atoms with van der Waals surface area (Å²) in [6, 6.07) is 22.9. The Morgan fingerprint density at radius 3 is 2.15 bits per heavy atom. The van der Waals surface area contributed by atoms with Crippen LogP contribution in [0.2, 0.25) is 0 Å². The monoisotopic (exact) mass is 444 g/mol. The minimum Gasteiger partial charge on any atom is -0.484 e. The Bertz CT molecular complexity index is 1080. The third kappa shape index (κ3) is 6.94. The highest BCUT2D eigenvalue weighted by molar-refractivity contribution is 5.88. The number of ether oxygens (including phenoxy) is 1. The highest BCUT2D eigenvalue weighted by Crippen LogP contribution is 2.19. The Kier molecular flexibility index (Phi) is 8.25. The van der Waals surface area contributed by atoms with E-state index in [1.807, 2.05) is 87.5 Å². The Balaban J connectivity index is 1.88. The van der Waals surface area contributed by atoms with E-state index in [-0.39, 0.29) is 18.4 Å². The Labute approximate surface area is 196 Å². The number of hydrogen-bond donors (Lipinski definition) is 1. The second kappa shape index (κ2) is 11.3. The smallest absolute Gasteiger partial charge is 0.261 e. The van der Waals surface area contributed by atoms with E-state index in [1.165, 1.54) is 0 Å². The average Bonchev–Trinajstić information content (AvgIpc) is 2.79. The molecule has 1 atom stereocenters. The first-order chi connectivity index (χ1) is 15.9. The molecule has 3 aromatic rings. The maximum atomic E-state index is 13.4. The summed E-state index contributed by atoms with van der Waals surface area (Å²) in [5.74, 6) is 0.211. The molecule has 0 bridgehead atoms. The fraction of sp³-hybridized carbons (Fsp3) is 0.286. The van der Waals surface area contributed by atoms with Crippen molar-refractivity contribution in [3.8, 4) is 5.75 Å². The van der Waals surface area contributed by atoms with Gasteiger partial charge < -0.3 is 15.0 Å². The van der Waals surface area contributed by atoms with Crippen LogP contribution in [-0.4, -0.2) is 36.4 Å². The Morgan fingerprint density at radius 2 is 1.52 bits per heavy atom. The lowest BCUT2D eigenvalue weighted by Crippen LogP contribution is -2.51. The van der Waals surface area contributed by atoms with E-state index >= 15 is 0 Å². The van der Waals surface area contributed by atoms with Gasteiger partial charge in [-0.3, -0.25) is 9.59 Å². The SMILES string of the molecule is CNC(=O)[C@@H](Cc1ccccc1)N(Cc1cccc(C)c1)C(=O)COc1cc(C)cc(C)c1. The van der Waals surface area contributed by atoms with Crippen molar-refractivity contribution in [3.05, 3.63) is 101 Å². The first-order valence-electron chi connectivity index (χ1n) is 11.2. The maximum absolute atomic E-state index is 13.4. The van der Waals surface area contributed by atoms with Gasteiger partial charge in [0.1, 0.15) is 11.8 Å². The molecule has 2 amide bonds. The zero-order chi connectivity index (χ0) is 23.8. The molecule has 0 radical (unpaired) electrons. The van der Waals surface area contributed by atoms with Crippen LogP contribution in [0.5, 0.6) is 5.75 Å². The summed E-state index contributed by atoms with van der Waals surface area (Å²) in [5.41, 5.74) is 5.20. The summed E-state index contributed by atoms with van der Waals surface area (Å²) in [6.45, 7) is 6.18. The minimum atomic E-state index is -0.659. The van der Waals surface area contributed by atoms with Crippen molar-refractivity contribution in [1.29, 1.82) is 0 Å². The van der Waals surface area contributed by atoms with Crippen molar-refractivity contribution in [2.24, 2.45) is 0 Å². The number of rotatable bonds is 9. The van der Waals surface area contributed by atoms with Gasteiger partial charge in [0, 0.05) is 20.0 Å². The molecule has 5 heteroatoms. The summed E-state index contributed by atoms with van der Waals surface area (Å²) < 4.78 is 5.86. The predicted octanol–water partition coefficient (Wildman–Crippen LogP) is 4.38. The molecule has 0 spiro atoms. The van der Waals surface area contributed by atoms with Gasteiger partial charge in [-0.05, 0) is 55.2 Å². The molecule has 0 aliphatic rings. The summed E-state index contributed by atoms with van der Waals surface area (Å²) in [4.78, 5) is 28.0. The quantitative estimate of drug-likeness (QED) is 0.533. The van der Waals surface area contributed by atoms with Gasteiger partial charge in [0.2, 0.25) is 5.91 Å². The molecule has 0 aromatic heterocycles. The van der Waals surface area contributed by atoms with Crippen LogP contribution in [0, 0.1) is 20.8 Å². The van der Waals surface area contributed by atoms with E-state index in [9.17, 15) is 9.59 Å². The maximum Gasteiger partial charge on any atom is 0.261 e. The lowest BCUT2D eigenvalue weighted by Gasteiger charge is -2.31. The summed E-state index contributed by atoms with van der Waals surface area (Å²) in [5, 5.41) is 2.73. The highest BCUT2D eigenvalue weighted by Gasteiger charge is 2.30. The van der Waals surface area contributed by atoms with Gasteiger partial charge >= 0.3 is 0 Å². The van der Waals surface area contributed by atoms with Crippen molar-refractivity contribution in [1.82, 2.24) is 10.2 Å². The molecule has 0 unspecified atom stereocenters. The summed E-state index contributed by atoms with van der Waals surface area (Å²) in [6.07, 6.45) is 0.418. The van der Waals surface area contributed by atoms with Crippen LogP contribution < -0.4 is 10.1 Å². The van der Waals surface area contributed by atoms with Crippen LogP contribution in [-0.2, 0) is 22.6 Å². The first-order valence-corrected chi connectivity index (χ1v) is 11.2. The molecule has 5 nitrogen and oxygen atoms in total. The summed E-state index contributed by atoms with van der Waals surface area (Å²) >= 11 is 0. The van der Waals surface area contributed by atoms with Gasteiger partial charge in [-0.2, -0.15) is 0 Å². The van der Waals surface area contributed by atoms with Crippen LogP contribution in [0.3, 0.4) is 0 Å². The molecule has 0 aliphatic heterocycles. The fourth-order valence-electron chi connectivity index (χ4n) is 3.97. The first kappa shape index (κ1) is 24.1. The van der Waals surface area contributed by atoms with Crippen LogP contribution in [0.1, 0.15) is 27.8 Å². The Morgan fingerprint density at radius 1 is 0.848 bits per heavy atom.